The molecule has 0 radical (unpaired) electrons. The highest BCUT2D eigenvalue weighted by atomic mass is 79.9. The van der Waals surface area contributed by atoms with E-state index in [-0.39, 0.29) is 5.82 Å². The van der Waals surface area contributed by atoms with Crippen molar-refractivity contribution in [1.82, 2.24) is 4.98 Å². The van der Waals surface area contributed by atoms with Gasteiger partial charge in [0.05, 0.1) is 9.99 Å². The van der Waals surface area contributed by atoms with Gasteiger partial charge >= 0.3 is 0 Å². The third-order valence-corrected chi connectivity index (χ3v) is 2.62. The summed E-state index contributed by atoms with van der Waals surface area (Å²) in [5.41, 5.74) is 7.79. The Morgan fingerprint density at radius 2 is 2.07 bits per heavy atom. The summed E-state index contributed by atoms with van der Waals surface area (Å²) >= 11 is 3.11. The molecule has 0 aliphatic carbocycles. The molecule has 0 bridgehead atoms. The monoisotopic (exact) mass is 254 g/mol. The van der Waals surface area contributed by atoms with Gasteiger partial charge in [0.1, 0.15) is 5.82 Å². The van der Waals surface area contributed by atoms with Crippen molar-refractivity contribution in [3.63, 3.8) is 0 Å². The molecule has 0 aliphatic rings. The molecule has 0 spiro atoms. The van der Waals surface area contributed by atoms with E-state index < -0.39 is 0 Å². The van der Waals surface area contributed by atoms with Crippen molar-refractivity contribution in [2.45, 2.75) is 6.92 Å². The summed E-state index contributed by atoms with van der Waals surface area (Å²) in [6.07, 6.45) is 0. The molecule has 0 unspecified atom stereocenters. The molecule has 1 aromatic carbocycles. The molecule has 1 aromatic heterocycles. The van der Waals surface area contributed by atoms with Crippen LogP contribution in [0.15, 0.2) is 22.7 Å². The summed E-state index contributed by atoms with van der Waals surface area (Å²) in [6, 6.07) is 4.79. The number of benzene rings is 1. The smallest absolute Gasteiger partial charge is 0.139 e. The summed E-state index contributed by atoms with van der Waals surface area (Å²) in [5.74, 6) is -0.324. The summed E-state index contributed by atoms with van der Waals surface area (Å²) in [7, 11) is 0. The minimum absolute atomic E-state index is 0.324. The Bertz CT molecular complexity index is 511. The van der Waals surface area contributed by atoms with Gasteiger partial charge in [0, 0.05) is 22.8 Å². The second-order valence-electron chi connectivity index (χ2n) is 3.14. The molecule has 72 valence electrons. The van der Waals surface area contributed by atoms with Crippen LogP contribution in [-0.4, -0.2) is 4.98 Å². The highest BCUT2D eigenvalue weighted by Crippen LogP contribution is 2.26. The van der Waals surface area contributed by atoms with E-state index in [1.807, 2.05) is 6.92 Å². The van der Waals surface area contributed by atoms with Gasteiger partial charge in [-0.05, 0) is 35.0 Å². The number of anilines is 1. The first kappa shape index (κ1) is 9.40. The lowest BCUT2D eigenvalue weighted by molar-refractivity contribution is 0.623. The maximum absolute atomic E-state index is 13.2. The number of nitrogens with zero attached hydrogens (tertiary/aromatic N) is 1. The van der Waals surface area contributed by atoms with Crippen LogP contribution < -0.4 is 5.73 Å². The number of nitrogens with two attached hydrogens (primary N) is 1. The lowest BCUT2D eigenvalue weighted by Gasteiger charge is -2.04. The van der Waals surface area contributed by atoms with Gasteiger partial charge in [-0.1, -0.05) is 0 Å². The number of hydrogen-bond acceptors (Lipinski definition) is 2. The van der Waals surface area contributed by atoms with Crippen LogP contribution in [0.4, 0.5) is 10.1 Å². The third-order valence-electron chi connectivity index (χ3n) is 2.01. The number of rotatable bonds is 0. The zero-order valence-electron chi connectivity index (χ0n) is 7.51. The topological polar surface area (TPSA) is 38.9 Å². The summed E-state index contributed by atoms with van der Waals surface area (Å²) in [5, 5.41) is 0.767. The van der Waals surface area contributed by atoms with Crippen LogP contribution in [0.3, 0.4) is 0 Å². The SMILES string of the molecule is Cc1cc(N)c2cc(Br)c(F)cc2n1. The standard InChI is InChI=1S/C10H8BrFN2/c1-5-2-9(13)6-3-7(11)8(12)4-10(6)14-5/h2-4H,1H3,(H2,13,14). The molecule has 0 saturated carbocycles. The van der Waals surface area contributed by atoms with Gasteiger partial charge in [0.15, 0.2) is 0 Å². The van der Waals surface area contributed by atoms with Crippen LogP contribution in [0.5, 0.6) is 0 Å². The van der Waals surface area contributed by atoms with Crippen molar-refractivity contribution < 1.29 is 4.39 Å². The Kier molecular flexibility index (Phi) is 2.15. The molecule has 0 saturated heterocycles. The fourth-order valence-corrected chi connectivity index (χ4v) is 1.73. The Labute approximate surface area is 89.1 Å². The van der Waals surface area contributed by atoms with Gasteiger partial charge in [0.25, 0.3) is 0 Å². The molecule has 2 rings (SSSR count). The number of halogens is 2. The predicted molar refractivity (Wildman–Crippen MR) is 58.6 cm³/mol. The Balaban J connectivity index is 2.89. The molecule has 2 N–H and O–H groups in total. The van der Waals surface area contributed by atoms with Crippen molar-refractivity contribution in [3.8, 4) is 0 Å². The minimum Gasteiger partial charge on any atom is -0.398 e. The summed E-state index contributed by atoms with van der Waals surface area (Å²) in [4.78, 5) is 4.20. The van der Waals surface area contributed by atoms with Crippen molar-refractivity contribution in [2.24, 2.45) is 0 Å². The van der Waals surface area contributed by atoms with Crippen LogP contribution >= 0.6 is 15.9 Å². The molecule has 4 heteroatoms. The Hall–Kier alpha value is -1.16. The van der Waals surface area contributed by atoms with Crippen LogP contribution in [0.25, 0.3) is 10.9 Å². The molecule has 0 amide bonds. The lowest BCUT2D eigenvalue weighted by Crippen LogP contribution is -1.93. The first-order chi connectivity index (χ1) is 6.58. The fourth-order valence-electron chi connectivity index (χ4n) is 1.39. The number of nitrogen functional groups attached to an aromatic ring is 1. The van der Waals surface area contributed by atoms with E-state index in [4.69, 9.17) is 5.73 Å². The van der Waals surface area contributed by atoms with Crippen LogP contribution in [0.2, 0.25) is 0 Å². The third kappa shape index (κ3) is 1.46. The largest absolute Gasteiger partial charge is 0.398 e. The average Bonchev–Trinajstić information content (AvgIpc) is 2.08. The number of hydrogen-bond donors (Lipinski definition) is 1. The van der Waals surface area contributed by atoms with Crippen molar-refractivity contribution in [3.05, 3.63) is 34.2 Å². The van der Waals surface area contributed by atoms with E-state index in [1.54, 1.807) is 12.1 Å². The molecular formula is C10H8BrFN2. The normalized spacial score (nSPS) is 10.8. The highest BCUT2D eigenvalue weighted by molar-refractivity contribution is 9.10. The Morgan fingerprint density at radius 1 is 1.36 bits per heavy atom. The van der Waals surface area contributed by atoms with Crippen LogP contribution in [0, 0.1) is 12.7 Å². The van der Waals surface area contributed by atoms with Crippen molar-refractivity contribution in [2.75, 3.05) is 5.73 Å². The molecule has 0 fully saturated rings. The van der Waals surface area contributed by atoms with E-state index in [9.17, 15) is 4.39 Å². The van der Waals surface area contributed by atoms with Crippen molar-refractivity contribution in [1.29, 1.82) is 0 Å². The van der Waals surface area contributed by atoms with E-state index in [0.717, 1.165) is 11.1 Å². The number of aryl methyl sites for hydroxylation is 1. The second-order valence-corrected chi connectivity index (χ2v) is 3.99. The molecule has 14 heavy (non-hydrogen) atoms. The molecule has 2 nitrogen and oxygen atoms in total. The van der Waals surface area contributed by atoms with Crippen molar-refractivity contribution >= 4 is 32.5 Å². The van der Waals surface area contributed by atoms with E-state index in [0.29, 0.717) is 15.7 Å². The van der Waals surface area contributed by atoms with Gasteiger partial charge in [0.2, 0.25) is 0 Å². The molecule has 0 atom stereocenters. The maximum atomic E-state index is 13.2. The zero-order valence-corrected chi connectivity index (χ0v) is 9.10. The number of fused-ring (bicyclic) bond motifs is 1. The summed E-state index contributed by atoms with van der Waals surface area (Å²) < 4.78 is 13.6. The molecular weight excluding hydrogens is 247 g/mol. The van der Waals surface area contributed by atoms with Gasteiger partial charge < -0.3 is 5.73 Å². The van der Waals surface area contributed by atoms with E-state index >= 15 is 0 Å². The zero-order chi connectivity index (χ0) is 10.3. The van der Waals surface area contributed by atoms with Gasteiger partial charge in [-0.25, -0.2) is 4.39 Å². The number of aromatic nitrogens is 1. The highest BCUT2D eigenvalue weighted by Gasteiger charge is 2.06. The Morgan fingerprint density at radius 3 is 2.79 bits per heavy atom. The average molecular weight is 255 g/mol. The van der Waals surface area contributed by atoms with Gasteiger partial charge in [-0.3, -0.25) is 4.98 Å². The minimum atomic E-state index is -0.324. The quantitative estimate of drug-likeness (QED) is 0.785. The second kappa shape index (κ2) is 3.20. The predicted octanol–water partition coefficient (Wildman–Crippen LogP) is 3.03. The van der Waals surface area contributed by atoms with Crippen LogP contribution in [-0.2, 0) is 0 Å². The van der Waals surface area contributed by atoms with Gasteiger partial charge in [-0.2, -0.15) is 0 Å². The molecule has 1 heterocycles. The van der Waals surface area contributed by atoms with E-state index in [2.05, 4.69) is 20.9 Å². The van der Waals surface area contributed by atoms with Crippen LogP contribution in [0.1, 0.15) is 5.69 Å². The van der Waals surface area contributed by atoms with E-state index in [1.165, 1.54) is 6.07 Å². The summed E-state index contributed by atoms with van der Waals surface area (Å²) in [6.45, 7) is 1.83. The first-order valence-corrected chi connectivity index (χ1v) is 4.89. The number of pyridine rings is 1. The first-order valence-electron chi connectivity index (χ1n) is 4.10. The fraction of sp³-hybridized carbons (Fsp3) is 0.100. The molecule has 2 aromatic rings. The van der Waals surface area contributed by atoms with Gasteiger partial charge in [-0.15, -0.1) is 0 Å². The lowest BCUT2D eigenvalue weighted by atomic mass is 10.1. The molecule has 0 aliphatic heterocycles. The maximum Gasteiger partial charge on any atom is 0.139 e.